The lowest BCUT2D eigenvalue weighted by Crippen LogP contribution is -2.36. The van der Waals surface area contributed by atoms with Gasteiger partial charge in [-0.2, -0.15) is 10.2 Å². The lowest BCUT2D eigenvalue weighted by Gasteiger charge is -2.27. The molecule has 2 saturated heterocycles. The Morgan fingerprint density at radius 1 is 0.630 bits per heavy atom. The zero-order valence-corrected chi connectivity index (χ0v) is 27.3. The molecule has 2 aliphatic heterocycles. The number of ether oxygens (including phenoxy) is 2. The largest absolute Gasteiger partial charge is 0.444 e. The zero-order valence-electron chi connectivity index (χ0n) is 27.3. The van der Waals surface area contributed by atoms with Crippen LogP contribution in [0.5, 0.6) is 0 Å². The summed E-state index contributed by atoms with van der Waals surface area (Å²) in [6.45, 7) is 12.5. The second-order valence-electron chi connectivity index (χ2n) is 13.9. The van der Waals surface area contributed by atoms with E-state index in [-0.39, 0.29) is 24.3 Å². The molecular weight excluding hydrogens is 584 g/mol. The highest BCUT2D eigenvalue weighted by Gasteiger charge is 2.36. The lowest BCUT2D eigenvalue weighted by molar-refractivity contribution is 0.0208. The Labute approximate surface area is 268 Å². The van der Waals surface area contributed by atoms with Crippen LogP contribution in [0.15, 0.2) is 48.5 Å². The highest BCUT2D eigenvalue weighted by Crippen LogP contribution is 2.34. The zero-order chi connectivity index (χ0) is 32.6. The van der Waals surface area contributed by atoms with E-state index in [9.17, 15) is 9.59 Å². The SMILES string of the molecule is CC(C)(C)OC(=O)N1CCCC1c1nc(-c2ccc(-c3ccc(-c4n[nH]c(C5CCCN5C(=O)OC(C)(C)C)n4)cc3)cc2)n[nH]1. The number of hydrogen-bond acceptors (Lipinski definition) is 8. The number of aromatic nitrogens is 6. The van der Waals surface area contributed by atoms with E-state index in [0.717, 1.165) is 47.9 Å². The average molecular weight is 627 g/mol. The van der Waals surface area contributed by atoms with Crippen molar-refractivity contribution >= 4 is 12.2 Å². The summed E-state index contributed by atoms with van der Waals surface area (Å²) in [5, 5.41) is 15.0. The Hall–Kier alpha value is -4.74. The molecule has 242 valence electrons. The van der Waals surface area contributed by atoms with E-state index in [0.29, 0.717) is 36.4 Å². The van der Waals surface area contributed by atoms with Crippen molar-refractivity contribution in [2.75, 3.05) is 13.1 Å². The molecule has 6 rings (SSSR count). The Morgan fingerprint density at radius 3 is 1.33 bits per heavy atom. The molecule has 0 saturated carbocycles. The Morgan fingerprint density at radius 2 is 0.978 bits per heavy atom. The van der Waals surface area contributed by atoms with Gasteiger partial charge in [0, 0.05) is 24.2 Å². The molecule has 2 aliphatic rings. The molecule has 0 spiro atoms. The van der Waals surface area contributed by atoms with E-state index in [1.54, 1.807) is 9.80 Å². The van der Waals surface area contributed by atoms with E-state index >= 15 is 0 Å². The normalized spacial score (nSPS) is 18.7. The summed E-state index contributed by atoms with van der Waals surface area (Å²) in [5.74, 6) is 2.50. The second-order valence-corrected chi connectivity index (χ2v) is 13.9. The fraction of sp³-hybridized carbons (Fsp3) is 0.471. The number of H-pyrrole nitrogens is 2. The smallest absolute Gasteiger partial charge is 0.410 e. The van der Waals surface area contributed by atoms with Crippen LogP contribution in [0.1, 0.15) is 91.0 Å². The number of benzene rings is 2. The fourth-order valence-corrected chi connectivity index (χ4v) is 5.91. The first kappa shape index (κ1) is 31.3. The minimum Gasteiger partial charge on any atom is -0.444 e. The Bertz CT molecular complexity index is 1560. The minimum atomic E-state index is -0.555. The molecule has 12 nitrogen and oxygen atoms in total. The molecule has 2 aromatic carbocycles. The number of carbonyl (C=O) groups excluding carboxylic acids is 2. The molecule has 0 radical (unpaired) electrons. The summed E-state index contributed by atoms with van der Waals surface area (Å²) in [7, 11) is 0. The summed E-state index contributed by atoms with van der Waals surface area (Å²) in [6, 6.07) is 15.8. The molecule has 0 bridgehead atoms. The maximum atomic E-state index is 12.7. The van der Waals surface area contributed by atoms with Gasteiger partial charge in [-0.3, -0.25) is 20.0 Å². The first-order chi connectivity index (χ1) is 21.8. The van der Waals surface area contributed by atoms with Crippen LogP contribution in [0.25, 0.3) is 33.9 Å². The predicted octanol–water partition coefficient (Wildman–Crippen LogP) is 7.07. The third kappa shape index (κ3) is 6.90. The van der Waals surface area contributed by atoms with E-state index in [4.69, 9.17) is 19.4 Å². The van der Waals surface area contributed by atoms with Crippen molar-refractivity contribution in [1.29, 1.82) is 0 Å². The van der Waals surface area contributed by atoms with E-state index < -0.39 is 11.2 Å². The number of aromatic amines is 2. The Balaban J connectivity index is 1.11. The molecule has 46 heavy (non-hydrogen) atoms. The summed E-state index contributed by atoms with van der Waals surface area (Å²) < 4.78 is 11.2. The molecule has 2 N–H and O–H groups in total. The van der Waals surface area contributed by atoms with Gasteiger partial charge in [0.1, 0.15) is 22.9 Å². The lowest BCUT2D eigenvalue weighted by atomic mass is 10.0. The van der Waals surface area contributed by atoms with Crippen LogP contribution in [-0.2, 0) is 9.47 Å². The quantitative estimate of drug-likeness (QED) is 0.240. The molecule has 2 amide bonds. The predicted molar refractivity (Wildman–Crippen MR) is 172 cm³/mol. The molecule has 4 heterocycles. The minimum absolute atomic E-state index is 0.184. The molecule has 2 aromatic heterocycles. The van der Waals surface area contributed by atoms with Gasteiger partial charge in [0.05, 0.1) is 12.1 Å². The van der Waals surface area contributed by atoms with Gasteiger partial charge in [-0.05, 0) is 78.4 Å². The van der Waals surface area contributed by atoms with Crippen molar-refractivity contribution in [2.24, 2.45) is 0 Å². The number of amides is 2. The third-order valence-corrected chi connectivity index (χ3v) is 8.02. The van der Waals surface area contributed by atoms with E-state index in [1.807, 2.05) is 90.1 Å². The molecular formula is C34H42N8O4. The molecule has 2 fully saturated rings. The van der Waals surface area contributed by atoms with Crippen molar-refractivity contribution < 1.29 is 19.1 Å². The molecule has 4 aromatic rings. The maximum absolute atomic E-state index is 12.7. The van der Waals surface area contributed by atoms with Gasteiger partial charge >= 0.3 is 12.2 Å². The monoisotopic (exact) mass is 626 g/mol. The van der Waals surface area contributed by atoms with Gasteiger partial charge in [-0.1, -0.05) is 48.5 Å². The van der Waals surface area contributed by atoms with Crippen LogP contribution in [-0.4, -0.2) is 76.6 Å². The number of likely N-dealkylation sites (tertiary alicyclic amines) is 2. The van der Waals surface area contributed by atoms with Crippen molar-refractivity contribution in [1.82, 2.24) is 40.2 Å². The highest BCUT2D eigenvalue weighted by atomic mass is 16.6. The molecule has 0 aliphatic carbocycles. The number of rotatable bonds is 5. The standard InChI is InChI=1S/C34H42N8O4/c1-33(2,3)45-31(43)41-19-7-9-25(41)29-35-27(37-39-29)23-15-11-21(12-16-23)22-13-17-24(18-14-22)28-36-30(40-38-28)26-10-8-20-42(26)32(44)46-34(4,5)6/h11-18,25-26H,7-10,19-20H2,1-6H3,(H,35,37,39)(H,36,38,40). The summed E-state index contributed by atoms with van der Waals surface area (Å²) in [6.07, 6.45) is 2.73. The van der Waals surface area contributed by atoms with Crippen LogP contribution in [0.3, 0.4) is 0 Å². The van der Waals surface area contributed by atoms with E-state index in [1.165, 1.54) is 0 Å². The molecule has 2 unspecified atom stereocenters. The van der Waals surface area contributed by atoms with Gasteiger partial charge in [0.2, 0.25) is 0 Å². The van der Waals surface area contributed by atoms with Crippen LogP contribution in [0.2, 0.25) is 0 Å². The van der Waals surface area contributed by atoms with Crippen LogP contribution >= 0.6 is 0 Å². The van der Waals surface area contributed by atoms with Crippen molar-refractivity contribution in [3.63, 3.8) is 0 Å². The van der Waals surface area contributed by atoms with Crippen molar-refractivity contribution in [2.45, 2.75) is 90.5 Å². The highest BCUT2D eigenvalue weighted by molar-refractivity contribution is 5.71. The molecule has 2 atom stereocenters. The summed E-state index contributed by atoms with van der Waals surface area (Å²) in [4.78, 5) is 38.4. The number of nitrogens with zero attached hydrogens (tertiary/aromatic N) is 6. The fourth-order valence-electron chi connectivity index (χ4n) is 5.91. The average Bonchev–Trinajstić information content (AvgIpc) is 3.82. The maximum Gasteiger partial charge on any atom is 0.410 e. The number of hydrogen-bond donors (Lipinski definition) is 2. The molecule has 12 heteroatoms. The van der Waals surface area contributed by atoms with E-state index in [2.05, 4.69) is 20.4 Å². The summed E-state index contributed by atoms with van der Waals surface area (Å²) in [5.41, 5.74) is 2.75. The number of nitrogens with one attached hydrogen (secondary N) is 2. The topological polar surface area (TPSA) is 142 Å². The second kappa shape index (κ2) is 12.2. The van der Waals surface area contributed by atoms with Crippen LogP contribution in [0.4, 0.5) is 9.59 Å². The third-order valence-electron chi connectivity index (χ3n) is 8.02. The Kier molecular flexibility index (Phi) is 8.30. The van der Waals surface area contributed by atoms with Gasteiger partial charge in [-0.15, -0.1) is 0 Å². The van der Waals surface area contributed by atoms with Gasteiger partial charge in [0.25, 0.3) is 0 Å². The van der Waals surface area contributed by atoms with Crippen molar-refractivity contribution in [3.8, 4) is 33.9 Å². The summed E-state index contributed by atoms with van der Waals surface area (Å²) >= 11 is 0. The van der Waals surface area contributed by atoms with Gasteiger partial charge in [-0.25, -0.2) is 19.6 Å². The first-order valence-corrected chi connectivity index (χ1v) is 15.9. The van der Waals surface area contributed by atoms with Gasteiger partial charge < -0.3 is 9.47 Å². The van der Waals surface area contributed by atoms with Crippen LogP contribution in [0, 0.1) is 0 Å². The first-order valence-electron chi connectivity index (χ1n) is 15.9. The van der Waals surface area contributed by atoms with Crippen LogP contribution < -0.4 is 0 Å². The van der Waals surface area contributed by atoms with Gasteiger partial charge in [0.15, 0.2) is 11.6 Å². The van der Waals surface area contributed by atoms with Crippen molar-refractivity contribution in [3.05, 3.63) is 60.2 Å². The number of carbonyl (C=O) groups is 2.